The maximum absolute atomic E-state index is 15.5. The van der Waals surface area contributed by atoms with E-state index in [2.05, 4.69) is 10.3 Å². The van der Waals surface area contributed by atoms with Gasteiger partial charge in [-0.1, -0.05) is 51.1 Å². The summed E-state index contributed by atoms with van der Waals surface area (Å²) >= 11 is 1.42. The number of benzene rings is 2. The highest BCUT2D eigenvalue weighted by Gasteiger charge is 2.24. The maximum atomic E-state index is 15.5. The van der Waals surface area contributed by atoms with Crippen LogP contribution in [0.2, 0.25) is 0 Å². The number of thioether (sulfide) groups is 1. The molecule has 0 fully saturated rings. The highest BCUT2D eigenvalue weighted by atomic mass is 32.2. The zero-order chi connectivity index (χ0) is 31.5. The smallest absolute Gasteiger partial charge is 0.336 e. The fourth-order valence-electron chi connectivity index (χ4n) is 4.68. The van der Waals surface area contributed by atoms with Gasteiger partial charge in [0.2, 0.25) is 5.91 Å². The van der Waals surface area contributed by atoms with E-state index >= 15 is 4.39 Å². The number of carbonyl (C=O) groups excluding carboxylic acids is 2. The molecule has 0 radical (unpaired) electrons. The molecule has 3 rings (SSSR count). The summed E-state index contributed by atoms with van der Waals surface area (Å²) in [5.74, 6) is -1.31. The number of aromatic carboxylic acids is 1. The van der Waals surface area contributed by atoms with Gasteiger partial charge in [0.05, 0.1) is 55.4 Å². The first-order chi connectivity index (χ1) is 20.6. The van der Waals surface area contributed by atoms with E-state index in [1.165, 1.54) is 31.0 Å². The van der Waals surface area contributed by atoms with Crippen molar-refractivity contribution in [3.05, 3.63) is 70.8 Å². The first-order valence-electron chi connectivity index (χ1n) is 14.4. The number of halogens is 1. The predicted octanol–water partition coefficient (Wildman–Crippen LogP) is 5.72. The molecule has 0 bridgehead atoms. The zero-order valence-electron chi connectivity index (χ0n) is 25.3. The summed E-state index contributed by atoms with van der Waals surface area (Å²) in [7, 11) is 1.34. The molecular formula is C32H40FN3O6S. The Hall–Kier alpha value is -3.86. The van der Waals surface area contributed by atoms with Crippen LogP contribution < -0.4 is 10.1 Å². The van der Waals surface area contributed by atoms with Crippen LogP contribution in [0.4, 0.5) is 4.39 Å². The van der Waals surface area contributed by atoms with E-state index in [0.29, 0.717) is 53.6 Å². The molecule has 0 spiro atoms. The van der Waals surface area contributed by atoms with E-state index in [9.17, 15) is 19.5 Å². The molecule has 1 amide bonds. The number of nitrogens with one attached hydrogen (secondary N) is 1. The first-order valence-corrected chi connectivity index (χ1v) is 15.4. The van der Waals surface area contributed by atoms with Crippen molar-refractivity contribution >= 4 is 29.6 Å². The molecule has 2 N–H and O–H groups in total. The Bertz CT molecular complexity index is 1420. The molecule has 232 valence electrons. The molecule has 11 heteroatoms. The van der Waals surface area contributed by atoms with Gasteiger partial charge in [0.1, 0.15) is 5.82 Å². The average molecular weight is 614 g/mol. The van der Waals surface area contributed by atoms with Crippen LogP contribution in [0.1, 0.15) is 67.8 Å². The minimum Gasteiger partial charge on any atom is -0.478 e. The van der Waals surface area contributed by atoms with Gasteiger partial charge in [-0.3, -0.25) is 14.2 Å². The molecule has 1 heterocycles. The lowest BCUT2D eigenvalue weighted by Gasteiger charge is -2.19. The summed E-state index contributed by atoms with van der Waals surface area (Å²) in [5.41, 5.74) is 2.78. The second kappa shape index (κ2) is 16.1. The lowest BCUT2D eigenvalue weighted by Crippen LogP contribution is -2.34. The third-order valence-corrected chi connectivity index (χ3v) is 8.09. The van der Waals surface area contributed by atoms with Crippen molar-refractivity contribution in [3.8, 4) is 17.1 Å². The van der Waals surface area contributed by atoms with Crippen molar-refractivity contribution in [1.82, 2.24) is 14.9 Å². The van der Waals surface area contributed by atoms with Crippen molar-refractivity contribution in [2.45, 2.75) is 65.3 Å². The van der Waals surface area contributed by atoms with E-state index in [-0.39, 0.29) is 48.1 Å². The molecule has 0 aliphatic carbocycles. The third-order valence-electron chi connectivity index (χ3n) is 6.84. The van der Waals surface area contributed by atoms with Crippen LogP contribution >= 0.6 is 11.8 Å². The highest BCUT2D eigenvalue weighted by molar-refractivity contribution is 8.00. The van der Waals surface area contributed by atoms with Gasteiger partial charge in [0.25, 0.3) is 6.01 Å². The lowest BCUT2D eigenvalue weighted by molar-refractivity contribution is -0.140. The monoisotopic (exact) mass is 613 g/mol. The second-order valence-corrected chi connectivity index (χ2v) is 11.7. The normalized spacial score (nSPS) is 11.8. The van der Waals surface area contributed by atoms with Crippen molar-refractivity contribution in [3.63, 3.8) is 0 Å². The number of esters is 1. The van der Waals surface area contributed by atoms with Crippen LogP contribution in [-0.4, -0.2) is 57.2 Å². The number of imidazole rings is 1. The number of aryl methyl sites for hydroxylation is 1. The van der Waals surface area contributed by atoms with Crippen LogP contribution in [0.15, 0.2) is 42.5 Å². The number of carboxylic acids is 1. The number of amides is 1. The molecule has 2 aromatic carbocycles. The minimum absolute atomic E-state index is 0.0905. The van der Waals surface area contributed by atoms with Gasteiger partial charge in [-0.05, 0) is 48.9 Å². The summed E-state index contributed by atoms with van der Waals surface area (Å²) in [6.45, 7) is 8.49. The minimum atomic E-state index is -1.09. The van der Waals surface area contributed by atoms with Gasteiger partial charge in [-0.15, -0.1) is 11.8 Å². The Balaban J connectivity index is 1.87. The molecule has 0 saturated carbocycles. The number of carbonyl (C=O) groups is 3. The van der Waals surface area contributed by atoms with Crippen molar-refractivity contribution in [2.75, 3.05) is 19.5 Å². The second-order valence-electron chi connectivity index (χ2n) is 10.4. The number of nitrogens with zero attached hydrogens (tertiary/aromatic N) is 2. The number of aromatic nitrogens is 2. The molecule has 9 nitrogen and oxygen atoms in total. The summed E-state index contributed by atoms with van der Waals surface area (Å²) in [6, 6.07) is 11.5. The summed E-state index contributed by atoms with van der Waals surface area (Å²) in [4.78, 5) is 41.2. The molecule has 0 aliphatic heterocycles. The van der Waals surface area contributed by atoms with E-state index < -0.39 is 11.8 Å². The van der Waals surface area contributed by atoms with E-state index in [4.69, 9.17) is 9.47 Å². The number of hydrogen-bond acceptors (Lipinski definition) is 7. The molecule has 3 aromatic rings. The van der Waals surface area contributed by atoms with Gasteiger partial charge >= 0.3 is 11.9 Å². The molecule has 1 aromatic heterocycles. The van der Waals surface area contributed by atoms with Gasteiger partial charge in [0, 0.05) is 11.3 Å². The molecular weight excluding hydrogens is 573 g/mol. The van der Waals surface area contributed by atoms with Gasteiger partial charge in [0.15, 0.2) is 0 Å². The Morgan fingerprint density at radius 1 is 1.14 bits per heavy atom. The lowest BCUT2D eigenvalue weighted by atomic mass is 9.98. The summed E-state index contributed by atoms with van der Waals surface area (Å²) < 4.78 is 27.8. The van der Waals surface area contributed by atoms with Crippen molar-refractivity contribution in [1.29, 1.82) is 0 Å². The number of ether oxygens (including phenoxy) is 2. The van der Waals surface area contributed by atoms with Crippen LogP contribution in [0, 0.1) is 11.7 Å². The van der Waals surface area contributed by atoms with Crippen LogP contribution in [0.5, 0.6) is 6.01 Å². The topological polar surface area (TPSA) is 120 Å². The largest absolute Gasteiger partial charge is 0.478 e. The van der Waals surface area contributed by atoms with Crippen molar-refractivity contribution < 1.29 is 33.4 Å². The Morgan fingerprint density at radius 3 is 2.51 bits per heavy atom. The van der Waals surface area contributed by atoms with Crippen molar-refractivity contribution in [2.24, 2.45) is 5.92 Å². The Labute approximate surface area is 256 Å². The number of rotatable bonds is 16. The number of methoxy groups -OCH3 is 1. The standard InChI is InChI=1S/C32H40FN3O6S/c1-6-26-27(18-34-30(38)28(16-20(3)4)43-15-14-29(37)41-5)36(32(35-26)42-7-2)19-22-13-12-21(17-25(22)33)23-10-8-9-11-24(23)31(39)40/h8-13,17,20,28H,6-7,14-16,18-19H2,1-5H3,(H,34,38)(H,39,40). The fraction of sp³-hybridized carbons (Fsp3) is 0.438. The third kappa shape index (κ3) is 9.06. The average Bonchev–Trinajstić information content (AvgIpc) is 3.31. The van der Waals surface area contributed by atoms with Crippen LogP contribution in [-0.2, 0) is 33.8 Å². The Kier molecular flexibility index (Phi) is 12.6. The van der Waals surface area contributed by atoms with Crippen LogP contribution in [0.25, 0.3) is 11.1 Å². The van der Waals surface area contributed by atoms with Crippen LogP contribution in [0.3, 0.4) is 0 Å². The molecule has 1 unspecified atom stereocenters. The summed E-state index contributed by atoms with van der Waals surface area (Å²) in [5, 5.41) is 12.2. The van der Waals surface area contributed by atoms with E-state index in [1.807, 2.05) is 27.7 Å². The highest BCUT2D eigenvalue weighted by Crippen LogP contribution is 2.28. The van der Waals surface area contributed by atoms with E-state index in [1.54, 1.807) is 34.9 Å². The first kappa shape index (κ1) is 33.6. The fourth-order valence-corrected chi connectivity index (χ4v) is 6.00. The number of carboxylic acid groups (broad SMARTS) is 1. The SMILES string of the molecule is CCOc1nc(CC)c(CNC(=O)C(CC(C)C)SCCC(=O)OC)n1Cc1ccc(-c2ccccc2C(=O)O)cc1F. The van der Waals surface area contributed by atoms with Gasteiger partial charge in [-0.2, -0.15) is 4.98 Å². The van der Waals surface area contributed by atoms with Gasteiger partial charge in [-0.25, -0.2) is 9.18 Å². The van der Waals surface area contributed by atoms with E-state index in [0.717, 1.165) is 5.69 Å². The summed E-state index contributed by atoms with van der Waals surface area (Å²) in [6.07, 6.45) is 1.44. The molecule has 0 saturated heterocycles. The predicted molar refractivity (Wildman–Crippen MR) is 165 cm³/mol. The Morgan fingerprint density at radius 2 is 1.88 bits per heavy atom. The zero-order valence-corrected chi connectivity index (χ0v) is 26.1. The molecule has 43 heavy (non-hydrogen) atoms. The molecule has 1 atom stereocenters. The maximum Gasteiger partial charge on any atom is 0.336 e. The quantitative estimate of drug-likeness (QED) is 0.197. The van der Waals surface area contributed by atoms with Gasteiger partial charge < -0.3 is 19.9 Å². The molecule has 0 aliphatic rings. The number of hydrogen-bond donors (Lipinski definition) is 2.